The van der Waals surface area contributed by atoms with Gasteiger partial charge in [0.05, 0.1) is 17.7 Å². The molecule has 13 heavy (non-hydrogen) atoms. The molecule has 0 aliphatic carbocycles. The molecule has 0 saturated carbocycles. The Hall–Kier alpha value is -1.46. The van der Waals surface area contributed by atoms with Crippen molar-refractivity contribution in [2.45, 2.75) is 0 Å². The third-order valence-corrected chi connectivity index (χ3v) is 1.87. The van der Waals surface area contributed by atoms with Gasteiger partial charge in [0, 0.05) is 5.56 Å². The first kappa shape index (κ1) is 9.63. The molecule has 0 aromatic heterocycles. The van der Waals surface area contributed by atoms with E-state index in [0.29, 0.717) is 10.6 Å². The number of ether oxygens (including phenoxy) is 1. The lowest BCUT2D eigenvalue weighted by Gasteiger charge is -2.03. The number of benzene rings is 1. The predicted octanol–water partition coefficient (Wildman–Crippen LogP) is 2.11. The molecular weight excluding hydrogens is 188 g/mol. The maximum atomic E-state index is 11.2. The second-order valence-corrected chi connectivity index (χ2v) is 2.71. The molecule has 2 nitrogen and oxygen atoms in total. The quantitative estimate of drug-likeness (QED) is 0.506. The average Bonchev–Trinajstić information content (AvgIpc) is 2.16. The van der Waals surface area contributed by atoms with Crippen LogP contribution in [-0.4, -0.2) is 13.1 Å². The molecule has 0 saturated heterocycles. The zero-order valence-electron chi connectivity index (χ0n) is 7.00. The second-order valence-electron chi connectivity index (χ2n) is 2.30. The number of carbonyl (C=O) groups excluding carboxylic acids is 1. The first-order valence-corrected chi connectivity index (χ1v) is 3.92. The maximum absolute atomic E-state index is 11.2. The Kier molecular flexibility index (Phi) is 2.94. The summed E-state index contributed by atoms with van der Waals surface area (Å²) in [6.45, 7) is 0. The van der Waals surface area contributed by atoms with Gasteiger partial charge in [0.25, 0.3) is 0 Å². The lowest BCUT2D eigenvalue weighted by Crippen LogP contribution is -2.04. The van der Waals surface area contributed by atoms with Gasteiger partial charge in [-0.15, -0.1) is 6.42 Å². The van der Waals surface area contributed by atoms with Crippen molar-refractivity contribution in [3.63, 3.8) is 0 Å². The van der Waals surface area contributed by atoms with Gasteiger partial charge in [0.15, 0.2) is 0 Å². The van der Waals surface area contributed by atoms with E-state index in [-0.39, 0.29) is 5.56 Å². The number of hydrogen-bond acceptors (Lipinski definition) is 2. The van der Waals surface area contributed by atoms with Crippen LogP contribution in [0.4, 0.5) is 0 Å². The average molecular weight is 195 g/mol. The molecule has 0 unspecified atom stereocenters. The Balaban J connectivity index is 3.33. The summed E-state index contributed by atoms with van der Waals surface area (Å²) in [4.78, 5) is 11.2. The SMILES string of the molecule is C#Cc1cccc(Cl)c1C(=O)OC. The van der Waals surface area contributed by atoms with Gasteiger partial charge in [0.1, 0.15) is 0 Å². The van der Waals surface area contributed by atoms with E-state index in [2.05, 4.69) is 10.7 Å². The molecule has 0 spiro atoms. The predicted molar refractivity (Wildman–Crippen MR) is 50.7 cm³/mol. The highest BCUT2D eigenvalue weighted by Gasteiger charge is 2.13. The Morgan fingerprint density at radius 2 is 2.31 bits per heavy atom. The molecule has 0 heterocycles. The van der Waals surface area contributed by atoms with Crippen LogP contribution in [0.3, 0.4) is 0 Å². The summed E-state index contributed by atoms with van der Waals surface area (Å²) in [6.07, 6.45) is 5.20. The van der Waals surface area contributed by atoms with Gasteiger partial charge >= 0.3 is 5.97 Å². The Morgan fingerprint density at radius 3 is 2.85 bits per heavy atom. The molecule has 0 fully saturated rings. The van der Waals surface area contributed by atoms with Crippen molar-refractivity contribution in [2.75, 3.05) is 7.11 Å². The number of hydrogen-bond donors (Lipinski definition) is 0. The van der Waals surface area contributed by atoms with Crippen LogP contribution < -0.4 is 0 Å². The number of methoxy groups -OCH3 is 1. The van der Waals surface area contributed by atoms with Crippen LogP contribution in [0.25, 0.3) is 0 Å². The third-order valence-electron chi connectivity index (χ3n) is 1.56. The summed E-state index contributed by atoms with van der Waals surface area (Å²) in [5.41, 5.74) is 0.688. The number of terminal acetylenes is 1. The number of esters is 1. The molecular formula is C10H7ClO2. The summed E-state index contributed by atoms with van der Waals surface area (Å²) in [5, 5.41) is 0.308. The van der Waals surface area contributed by atoms with Gasteiger partial charge in [-0.3, -0.25) is 0 Å². The monoisotopic (exact) mass is 194 g/mol. The van der Waals surface area contributed by atoms with Crippen LogP contribution in [0.5, 0.6) is 0 Å². The molecule has 66 valence electrons. The Morgan fingerprint density at radius 1 is 1.62 bits per heavy atom. The first-order valence-electron chi connectivity index (χ1n) is 3.54. The standard InChI is InChI=1S/C10H7ClO2/c1-3-7-5-4-6-8(11)9(7)10(12)13-2/h1,4-6H,2H3. The van der Waals surface area contributed by atoms with Gasteiger partial charge in [0.2, 0.25) is 0 Å². The molecule has 0 aliphatic heterocycles. The van der Waals surface area contributed by atoms with E-state index in [1.807, 2.05) is 0 Å². The maximum Gasteiger partial charge on any atom is 0.340 e. The topological polar surface area (TPSA) is 26.3 Å². The van der Waals surface area contributed by atoms with Crippen molar-refractivity contribution in [1.29, 1.82) is 0 Å². The highest BCUT2D eigenvalue weighted by molar-refractivity contribution is 6.33. The summed E-state index contributed by atoms with van der Waals surface area (Å²) < 4.78 is 4.54. The molecule has 0 bridgehead atoms. The highest BCUT2D eigenvalue weighted by atomic mass is 35.5. The summed E-state index contributed by atoms with van der Waals surface area (Å²) in [7, 11) is 1.28. The van der Waals surface area contributed by atoms with E-state index in [9.17, 15) is 4.79 Å². The molecule has 0 atom stereocenters. The summed E-state index contributed by atoms with van der Waals surface area (Å²) >= 11 is 5.79. The summed E-state index contributed by atoms with van der Waals surface area (Å²) in [5.74, 6) is 1.85. The molecule has 0 N–H and O–H groups in total. The van der Waals surface area contributed by atoms with Crippen LogP contribution in [0.15, 0.2) is 18.2 Å². The van der Waals surface area contributed by atoms with Crippen LogP contribution in [-0.2, 0) is 4.74 Å². The molecule has 0 aliphatic rings. The van der Waals surface area contributed by atoms with E-state index in [1.54, 1.807) is 18.2 Å². The van der Waals surface area contributed by atoms with Crippen molar-refractivity contribution < 1.29 is 9.53 Å². The Labute approximate surface area is 81.5 Å². The smallest absolute Gasteiger partial charge is 0.340 e. The minimum Gasteiger partial charge on any atom is -0.465 e. The van der Waals surface area contributed by atoms with Crippen molar-refractivity contribution >= 4 is 17.6 Å². The first-order chi connectivity index (χ1) is 6.20. The minimum absolute atomic E-state index is 0.245. The van der Waals surface area contributed by atoms with Crippen molar-refractivity contribution in [3.05, 3.63) is 34.3 Å². The zero-order valence-corrected chi connectivity index (χ0v) is 7.76. The Bertz CT molecular complexity index is 377. The van der Waals surface area contributed by atoms with E-state index in [4.69, 9.17) is 18.0 Å². The van der Waals surface area contributed by atoms with Gasteiger partial charge < -0.3 is 4.74 Å². The highest BCUT2D eigenvalue weighted by Crippen LogP contribution is 2.20. The number of halogens is 1. The fourth-order valence-electron chi connectivity index (χ4n) is 0.954. The largest absolute Gasteiger partial charge is 0.465 e. The zero-order chi connectivity index (χ0) is 9.84. The summed E-state index contributed by atoms with van der Waals surface area (Å²) in [6, 6.07) is 4.91. The van der Waals surface area contributed by atoms with Crippen LogP contribution in [0.2, 0.25) is 5.02 Å². The molecule has 1 rings (SSSR count). The van der Waals surface area contributed by atoms with Gasteiger partial charge in [-0.1, -0.05) is 23.6 Å². The van der Waals surface area contributed by atoms with Crippen LogP contribution in [0, 0.1) is 12.3 Å². The van der Waals surface area contributed by atoms with E-state index in [1.165, 1.54) is 7.11 Å². The van der Waals surface area contributed by atoms with Crippen LogP contribution in [0.1, 0.15) is 15.9 Å². The normalized spacial score (nSPS) is 9.00. The minimum atomic E-state index is -0.515. The molecule has 0 amide bonds. The number of rotatable bonds is 1. The van der Waals surface area contributed by atoms with Crippen molar-refractivity contribution in [2.24, 2.45) is 0 Å². The molecule has 1 aromatic rings. The lowest BCUT2D eigenvalue weighted by atomic mass is 10.1. The molecule has 1 aromatic carbocycles. The molecule has 3 heteroatoms. The third kappa shape index (κ3) is 1.82. The number of carbonyl (C=O) groups is 1. The van der Waals surface area contributed by atoms with E-state index < -0.39 is 5.97 Å². The van der Waals surface area contributed by atoms with E-state index >= 15 is 0 Å². The fraction of sp³-hybridized carbons (Fsp3) is 0.100. The molecule has 0 radical (unpaired) electrons. The van der Waals surface area contributed by atoms with E-state index in [0.717, 1.165) is 0 Å². The van der Waals surface area contributed by atoms with Gasteiger partial charge in [-0.05, 0) is 12.1 Å². The van der Waals surface area contributed by atoms with Crippen molar-refractivity contribution in [1.82, 2.24) is 0 Å². The lowest BCUT2D eigenvalue weighted by molar-refractivity contribution is 0.0600. The van der Waals surface area contributed by atoms with Gasteiger partial charge in [-0.25, -0.2) is 4.79 Å². The van der Waals surface area contributed by atoms with Gasteiger partial charge in [-0.2, -0.15) is 0 Å². The fourth-order valence-corrected chi connectivity index (χ4v) is 1.21. The van der Waals surface area contributed by atoms with Crippen LogP contribution >= 0.6 is 11.6 Å². The second kappa shape index (κ2) is 3.97. The van der Waals surface area contributed by atoms with Crippen molar-refractivity contribution in [3.8, 4) is 12.3 Å².